The lowest BCUT2D eigenvalue weighted by molar-refractivity contribution is 0.0609. The van der Waals surface area contributed by atoms with Crippen LogP contribution in [0.5, 0.6) is 0 Å². The number of amides is 3. The van der Waals surface area contributed by atoms with Crippen molar-refractivity contribution in [3.63, 3.8) is 0 Å². The van der Waals surface area contributed by atoms with Gasteiger partial charge in [-0.25, -0.2) is 4.79 Å². The van der Waals surface area contributed by atoms with E-state index < -0.39 is 0 Å². The van der Waals surface area contributed by atoms with Crippen molar-refractivity contribution in [2.24, 2.45) is 0 Å². The van der Waals surface area contributed by atoms with Crippen LogP contribution >= 0.6 is 11.3 Å². The van der Waals surface area contributed by atoms with Gasteiger partial charge in [0.25, 0.3) is 5.91 Å². The fourth-order valence-electron chi connectivity index (χ4n) is 4.43. The summed E-state index contributed by atoms with van der Waals surface area (Å²) in [5, 5.41) is 1.95. The van der Waals surface area contributed by atoms with Gasteiger partial charge in [0.1, 0.15) is 0 Å². The van der Waals surface area contributed by atoms with Crippen LogP contribution in [-0.2, 0) is 12.0 Å². The second kappa shape index (κ2) is 7.00. The zero-order valence-corrected chi connectivity index (χ0v) is 16.7. The number of thiophene rings is 1. The van der Waals surface area contributed by atoms with Crippen molar-refractivity contribution in [2.45, 2.75) is 24.8 Å². The van der Waals surface area contributed by atoms with Crippen molar-refractivity contribution in [1.29, 1.82) is 0 Å². The van der Waals surface area contributed by atoms with E-state index in [-0.39, 0.29) is 17.4 Å². The van der Waals surface area contributed by atoms with Gasteiger partial charge in [0.15, 0.2) is 0 Å². The number of rotatable bonds is 1. The summed E-state index contributed by atoms with van der Waals surface area (Å²) in [6.45, 7) is 2.85. The maximum atomic E-state index is 12.7. The number of likely N-dealkylation sites (tertiary alicyclic amines) is 1. The summed E-state index contributed by atoms with van der Waals surface area (Å²) < 4.78 is 0. The van der Waals surface area contributed by atoms with Crippen molar-refractivity contribution >= 4 is 23.3 Å². The fraction of sp³-hybridized carbons (Fsp3) is 0.429. The largest absolute Gasteiger partial charge is 0.338 e. The van der Waals surface area contributed by atoms with Crippen LogP contribution in [0.2, 0.25) is 0 Å². The Labute approximate surface area is 164 Å². The molecule has 0 bridgehead atoms. The molecule has 0 N–H and O–H groups in total. The first-order valence-electron chi connectivity index (χ1n) is 9.38. The Bertz CT molecular complexity index is 839. The molecule has 0 saturated carbocycles. The van der Waals surface area contributed by atoms with Gasteiger partial charge in [0, 0.05) is 45.7 Å². The second-order valence-corrected chi connectivity index (χ2v) is 8.69. The molecule has 3 heterocycles. The SMILES string of the molecule is CN(C)C(=O)N1Cc2ccccc2C2(CCN(C(=O)c3cccs3)CC2)C1. The van der Waals surface area contributed by atoms with Crippen molar-refractivity contribution in [1.82, 2.24) is 14.7 Å². The van der Waals surface area contributed by atoms with Gasteiger partial charge in [-0.2, -0.15) is 0 Å². The number of hydrogen-bond donors (Lipinski definition) is 0. The summed E-state index contributed by atoms with van der Waals surface area (Å²) in [6, 6.07) is 12.4. The number of carbonyl (C=O) groups excluding carboxylic acids is 2. The van der Waals surface area contributed by atoms with Gasteiger partial charge in [-0.3, -0.25) is 4.79 Å². The Balaban J connectivity index is 1.58. The number of nitrogens with zero attached hydrogens (tertiary/aromatic N) is 3. The number of carbonyl (C=O) groups is 2. The molecular weight excluding hydrogens is 358 g/mol. The Morgan fingerprint density at radius 3 is 2.44 bits per heavy atom. The average molecular weight is 384 g/mol. The van der Waals surface area contributed by atoms with Crippen molar-refractivity contribution in [3.8, 4) is 0 Å². The highest BCUT2D eigenvalue weighted by Gasteiger charge is 2.44. The number of fused-ring (bicyclic) bond motifs is 2. The van der Waals surface area contributed by atoms with Crippen LogP contribution in [0, 0.1) is 0 Å². The second-order valence-electron chi connectivity index (χ2n) is 7.74. The van der Waals surface area contributed by atoms with Gasteiger partial charge in [0.05, 0.1) is 4.88 Å². The van der Waals surface area contributed by atoms with Crippen LogP contribution in [0.25, 0.3) is 0 Å². The lowest BCUT2D eigenvalue weighted by Gasteiger charge is -2.49. The molecule has 2 aromatic rings. The van der Waals surface area contributed by atoms with Gasteiger partial charge < -0.3 is 14.7 Å². The molecule has 0 radical (unpaired) electrons. The molecule has 2 aliphatic rings. The molecule has 4 rings (SSSR count). The quantitative estimate of drug-likeness (QED) is 0.757. The minimum Gasteiger partial charge on any atom is -0.338 e. The number of hydrogen-bond acceptors (Lipinski definition) is 3. The third-order valence-corrected chi connectivity index (χ3v) is 6.69. The van der Waals surface area contributed by atoms with E-state index in [2.05, 4.69) is 18.2 Å². The Morgan fingerprint density at radius 1 is 1.04 bits per heavy atom. The Hall–Kier alpha value is -2.34. The van der Waals surface area contributed by atoms with E-state index >= 15 is 0 Å². The molecule has 1 fully saturated rings. The molecule has 1 spiro atoms. The fourth-order valence-corrected chi connectivity index (χ4v) is 5.12. The number of urea groups is 1. The van der Waals surface area contributed by atoms with E-state index in [9.17, 15) is 9.59 Å². The molecule has 1 aromatic carbocycles. The van der Waals surface area contributed by atoms with E-state index in [0.29, 0.717) is 6.54 Å². The molecule has 0 aliphatic carbocycles. The minimum atomic E-state index is -0.0628. The first kappa shape index (κ1) is 18.0. The van der Waals surface area contributed by atoms with E-state index in [1.807, 2.05) is 33.4 Å². The monoisotopic (exact) mass is 383 g/mol. The number of piperidine rings is 1. The van der Waals surface area contributed by atoms with E-state index in [4.69, 9.17) is 0 Å². The van der Waals surface area contributed by atoms with Gasteiger partial charge in [0.2, 0.25) is 0 Å². The van der Waals surface area contributed by atoms with Gasteiger partial charge in [-0.05, 0) is 35.4 Å². The van der Waals surface area contributed by atoms with Crippen molar-refractivity contribution in [2.75, 3.05) is 33.7 Å². The highest BCUT2D eigenvalue weighted by Crippen LogP contribution is 2.42. The predicted molar refractivity (Wildman–Crippen MR) is 107 cm³/mol. The van der Waals surface area contributed by atoms with Gasteiger partial charge >= 0.3 is 6.03 Å². The first-order valence-corrected chi connectivity index (χ1v) is 10.3. The summed E-state index contributed by atoms with van der Waals surface area (Å²) in [6.07, 6.45) is 1.77. The normalized spacial score (nSPS) is 18.3. The average Bonchev–Trinajstić information content (AvgIpc) is 3.22. The van der Waals surface area contributed by atoms with Crippen LogP contribution in [0.4, 0.5) is 4.79 Å². The Morgan fingerprint density at radius 2 is 1.78 bits per heavy atom. The van der Waals surface area contributed by atoms with Crippen LogP contribution in [-0.4, -0.2) is 60.4 Å². The van der Waals surface area contributed by atoms with Crippen molar-refractivity contribution in [3.05, 3.63) is 57.8 Å². The van der Waals surface area contributed by atoms with E-state index in [1.54, 1.807) is 19.0 Å². The highest BCUT2D eigenvalue weighted by molar-refractivity contribution is 7.12. The molecule has 2 aliphatic heterocycles. The van der Waals surface area contributed by atoms with Gasteiger partial charge in [-0.1, -0.05) is 30.3 Å². The summed E-state index contributed by atoms with van der Waals surface area (Å²) >= 11 is 1.50. The molecule has 27 heavy (non-hydrogen) atoms. The summed E-state index contributed by atoms with van der Waals surface area (Å²) in [4.78, 5) is 31.7. The van der Waals surface area contributed by atoms with Crippen LogP contribution < -0.4 is 0 Å². The first-order chi connectivity index (χ1) is 13.0. The van der Waals surface area contributed by atoms with Crippen molar-refractivity contribution < 1.29 is 9.59 Å². The van der Waals surface area contributed by atoms with E-state index in [0.717, 1.165) is 37.4 Å². The highest BCUT2D eigenvalue weighted by atomic mass is 32.1. The lowest BCUT2D eigenvalue weighted by Crippen LogP contribution is -2.55. The zero-order valence-electron chi connectivity index (χ0n) is 15.9. The van der Waals surface area contributed by atoms with Gasteiger partial charge in [-0.15, -0.1) is 11.3 Å². The summed E-state index contributed by atoms with van der Waals surface area (Å²) in [7, 11) is 3.61. The van der Waals surface area contributed by atoms with Crippen LogP contribution in [0.1, 0.15) is 33.6 Å². The standard InChI is InChI=1S/C21H25N3O2S/c1-22(2)20(26)24-14-16-6-3-4-7-17(16)21(15-24)9-11-23(12-10-21)19(25)18-8-5-13-27-18/h3-8,13H,9-12,14-15H2,1-2H3. The molecule has 5 nitrogen and oxygen atoms in total. The summed E-state index contributed by atoms with van der Waals surface area (Å²) in [5.41, 5.74) is 2.53. The topological polar surface area (TPSA) is 43.9 Å². The molecule has 1 saturated heterocycles. The minimum absolute atomic E-state index is 0.0565. The predicted octanol–water partition coefficient (Wildman–Crippen LogP) is 3.42. The maximum absolute atomic E-state index is 12.7. The molecule has 142 valence electrons. The van der Waals surface area contributed by atoms with E-state index in [1.165, 1.54) is 22.5 Å². The molecule has 6 heteroatoms. The summed E-state index contributed by atoms with van der Waals surface area (Å²) in [5.74, 6) is 0.130. The smallest absolute Gasteiger partial charge is 0.319 e. The molecular formula is C21H25N3O2S. The molecule has 1 aromatic heterocycles. The number of benzene rings is 1. The molecule has 0 atom stereocenters. The molecule has 3 amide bonds. The Kier molecular flexibility index (Phi) is 4.68. The zero-order chi connectivity index (χ0) is 19.0. The third-order valence-electron chi connectivity index (χ3n) is 5.84. The lowest BCUT2D eigenvalue weighted by atomic mass is 9.69. The van der Waals surface area contributed by atoms with Crippen LogP contribution in [0.15, 0.2) is 41.8 Å². The molecule has 0 unspecified atom stereocenters. The van der Waals surface area contributed by atoms with Crippen LogP contribution in [0.3, 0.4) is 0 Å². The third kappa shape index (κ3) is 3.23. The maximum Gasteiger partial charge on any atom is 0.319 e.